The lowest BCUT2D eigenvalue weighted by Gasteiger charge is -2.09. The summed E-state index contributed by atoms with van der Waals surface area (Å²) in [6.45, 7) is 6.10. The molecule has 1 aromatic heterocycles. The molecule has 0 spiro atoms. The van der Waals surface area contributed by atoms with Crippen molar-refractivity contribution in [1.29, 1.82) is 0 Å². The molecule has 0 aliphatic rings. The fourth-order valence-electron chi connectivity index (χ4n) is 1.70. The first-order valence-corrected chi connectivity index (χ1v) is 8.37. The highest BCUT2D eigenvalue weighted by Crippen LogP contribution is 2.24. The van der Waals surface area contributed by atoms with Gasteiger partial charge >= 0.3 is 0 Å². The van der Waals surface area contributed by atoms with Crippen molar-refractivity contribution in [2.45, 2.75) is 30.9 Å². The van der Waals surface area contributed by atoms with Crippen molar-refractivity contribution in [2.75, 3.05) is 4.72 Å². The molecule has 19 heavy (non-hydrogen) atoms. The van der Waals surface area contributed by atoms with Crippen LogP contribution in [0.1, 0.15) is 30.2 Å². The molecule has 0 saturated carbocycles. The standard InChI is InChI=1S/C14H17NO2S2/c1-10(2)12-5-7-13(8-6-12)15-19(16,17)14-9-4-11(3)18-14/h4-10,15H,1-3H3. The van der Waals surface area contributed by atoms with Crippen LogP contribution in [0, 0.1) is 6.92 Å². The van der Waals surface area contributed by atoms with Crippen molar-refractivity contribution in [2.24, 2.45) is 0 Å². The average molecular weight is 295 g/mol. The summed E-state index contributed by atoms with van der Waals surface area (Å²) in [6, 6.07) is 10.9. The highest BCUT2D eigenvalue weighted by molar-refractivity contribution is 7.94. The zero-order valence-electron chi connectivity index (χ0n) is 11.2. The topological polar surface area (TPSA) is 46.2 Å². The van der Waals surface area contributed by atoms with E-state index in [1.165, 1.54) is 16.9 Å². The summed E-state index contributed by atoms with van der Waals surface area (Å²) in [5.41, 5.74) is 1.78. The minimum absolute atomic E-state index is 0.345. The summed E-state index contributed by atoms with van der Waals surface area (Å²) in [6.07, 6.45) is 0. The van der Waals surface area contributed by atoms with Crippen LogP contribution in [0.15, 0.2) is 40.6 Å². The number of hydrogen-bond donors (Lipinski definition) is 1. The van der Waals surface area contributed by atoms with Gasteiger partial charge in [-0.2, -0.15) is 0 Å². The Morgan fingerprint density at radius 3 is 2.16 bits per heavy atom. The first-order chi connectivity index (χ1) is 8.88. The third-order valence-electron chi connectivity index (χ3n) is 2.81. The molecule has 2 rings (SSSR count). The predicted octanol–water partition coefficient (Wildman–Crippen LogP) is 3.98. The largest absolute Gasteiger partial charge is 0.279 e. The highest BCUT2D eigenvalue weighted by atomic mass is 32.2. The average Bonchev–Trinajstić information content (AvgIpc) is 2.77. The van der Waals surface area contributed by atoms with Crippen LogP contribution < -0.4 is 4.72 Å². The van der Waals surface area contributed by atoms with Crippen molar-refractivity contribution in [1.82, 2.24) is 0 Å². The van der Waals surface area contributed by atoms with E-state index in [-0.39, 0.29) is 0 Å². The maximum absolute atomic E-state index is 12.1. The van der Waals surface area contributed by atoms with Crippen molar-refractivity contribution in [3.63, 3.8) is 0 Å². The van der Waals surface area contributed by atoms with E-state index in [1.54, 1.807) is 24.3 Å². The zero-order chi connectivity index (χ0) is 14.0. The second kappa shape index (κ2) is 5.35. The van der Waals surface area contributed by atoms with Gasteiger partial charge in [-0.1, -0.05) is 26.0 Å². The van der Waals surface area contributed by atoms with E-state index >= 15 is 0 Å². The second-order valence-corrected chi connectivity index (χ2v) is 7.94. The summed E-state index contributed by atoms with van der Waals surface area (Å²) >= 11 is 1.27. The Kier molecular flexibility index (Phi) is 3.96. The lowest BCUT2D eigenvalue weighted by molar-refractivity contribution is 0.603. The van der Waals surface area contributed by atoms with Gasteiger partial charge < -0.3 is 0 Å². The van der Waals surface area contributed by atoms with Gasteiger partial charge in [0.25, 0.3) is 10.0 Å². The van der Waals surface area contributed by atoms with E-state index in [9.17, 15) is 8.42 Å². The highest BCUT2D eigenvalue weighted by Gasteiger charge is 2.16. The summed E-state index contributed by atoms with van der Waals surface area (Å²) in [4.78, 5) is 0.982. The van der Waals surface area contributed by atoms with Crippen molar-refractivity contribution in [3.8, 4) is 0 Å². The Morgan fingerprint density at radius 1 is 1.05 bits per heavy atom. The first kappa shape index (κ1) is 14.1. The van der Waals surface area contributed by atoms with Crippen LogP contribution >= 0.6 is 11.3 Å². The summed E-state index contributed by atoms with van der Waals surface area (Å²) in [5.74, 6) is 0.436. The smallest absolute Gasteiger partial charge is 0.271 e. The van der Waals surface area contributed by atoms with Crippen LogP contribution in [-0.2, 0) is 10.0 Å². The summed E-state index contributed by atoms with van der Waals surface area (Å²) < 4.78 is 27.2. The van der Waals surface area contributed by atoms with Gasteiger partial charge in [-0.25, -0.2) is 8.42 Å². The molecule has 1 N–H and O–H groups in total. The fraction of sp³-hybridized carbons (Fsp3) is 0.286. The zero-order valence-corrected chi connectivity index (χ0v) is 12.8. The van der Waals surface area contributed by atoms with Gasteiger partial charge in [-0.15, -0.1) is 11.3 Å². The van der Waals surface area contributed by atoms with E-state index in [2.05, 4.69) is 18.6 Å². The van der Waals surface area contributed by atoms with Gasteiger partial charge in [0, 0.05) is 10.6 Å². The number of aryl methyl sites for hydroxylation is 1. The predicted molar refractivity (Wildman–Crippen MR) is 80.4 cm³/mol. The molecule has 0 aliphatic carbocycles. The molecule has 1 heterocycles. The number of anilines is 1. The Hall–Kier alpha value is -1.33. The van der Waals surface area contributed by atoms with Gasteiger partial charge in [0.2, 0.25) is 0 Å². The van der Waals surface area contributed by atoms with Crippen molar-refractivity contribution < 1.29 is 8.42 Å². The molecule has 0 bridgehead atoms. The molecule has 0 amide bonds. The Balaban J connectivity index is 2.21. The minimum atomic E-state index is -3.46. The van der Waals surface area contributed by atoms with E-state index in [4.69, 9.17) is 0 Å². The second-order valence-electron chi connectivity index (χ2n) is 4.75. The fourth-order valence-corrected chi connectivity index (χ4v) is 4.04. The van der Waals surface area contributed by atoms with E-state index in [0.717, 1.165) is 4.88 Å². The lowest BCUT2D eigenvalue weighted by atomic mass is 10.0. The van der Waals surface area contributed by atoms with E-state index < -0.39 is 10.0 Å². The molecule has 0 saturated heterocycles. The molecule has 0 atom stereocenters. The van der Waals surface area contributed by atoms with Gasteiger partial charge in [0.05, 0.1) is 0 Å². The minimum Gasteiger partial charge on any atom is -0.279 e. The molecule has 1 aromatic carbocycles. The number of benzene rings is 1. The molecule has 2 aromatic rings. The number of sulfonamides is 1. The number of nitrogens with one attached hydrogen (secondary N) is 1. The molecule has 0 aliphatic heterocycles. The van der Waals surface area contributed by atoms with Gasteiger partial charge in [-0.3, -0.25) is 4.72 Å². The normalized spacial score (nSPS) is 11.8. The maximum Gasteiger partial charge on any atom is 0.271 e. The van der Waals surface area contributed by atoms with E-state index in [1.807, 2.05) is 19.1 Å². The monoisotopic (exact) mass is 295 g/mol. The molecule has 3 nitrogen and oxygen atoms in total. The maximum atomic E-state index is 12.1. The molecule has 5 heteroatoms. The Morgan fingerprint density at radius 2 is 1.68 bits per heavy atom. The van der Waals surface area contributed by atoms with E-state index in [0.29, 0.717) is 15.8 Å². The third-order valence-corrected chi connectivity index (χ3v) is 5.68. The van der Waals surface area contributed by atoms with Crippen LogP contribution in [0.2, 0.25) is 0 Å². The molecule has 0 radical (unpaired) electrons. The lowest BCUT2D eigenvalue weighted by Crippen LogP contribution is -2.11. The summed E-state index contributed by atoms with van der Waals surface area (Å²) in [7, 11) is -3.46. The number of thiophene rings is 1. The van der Waals surface area contributed by atoms with Crippen LogP contribution in [0.5, 0.6) is 0 Å². The molecule has 0 fully saturated rings. The SMILES string of the molecule is Cc1ccc(S(=O)(=O)Nc2ccc(C(C)C)cc2)s1. The van der Waals surface area contributed by atoms with Gasteiger partial charge in [0.15, 0.2) is 0 Å². The van der Waals surface area contributed by atoms with Crippen molar-refractivity contribution in [3.05, 3.63) is 46.8 Å². The number of hydrogen-bond acceptors (Lipinski definition) is 3. The molecular formula is C14H17NO2S2. The van der Waals surface area contributed by atoms with Crippen molar-refractivity contribution >= 4 is 27.0 Å². The molecular weight excluding hydrogens is 278 g/mol. The summed E-state index contributed by atoms with van der Waals surface area (Å²) in [5, 5.41) is 0. The Labute approximate surface area is 118 Å². The van der Waals surface area contributed by atoms with Gasteiger partial charge in [0.1, 0.15) is 4.21 Å². The molecule has 0 unspecified atom stereocenters. The Bertz CT molecular complexity index is 655. The van der Waals surface area contributed by atoms with Crippen LogP contribution in [-0.4, -0.2) is 8.42 Å². The number of rotatable bonds is 4. The van der Waals surface area contributed by atoms with Crippen LogP contribution in [0.25, 0.3) is 0 Å². The molecule has 102 valence electrons. The van der Waals surface area contributed by atoms with Gasteiger partial charge in [-0.05, 0) is 42.7 Å². The van der Waals surface area contributed by atoms with Crippen LogP contribution in [0.4, 0.5) is 5.69 Å². The van der Waals surface area contributed by atoms with Crippen LogP contribution in [0.3, 0.4) is 0 Å². The quantitative estimate of drug-likeness (QED) is 0.927. The third kappa shape index (κ3) is 3.36. The first-order valence-electron chi connectivity index (χ1n) is 6.08.